The van der Waals surface area contributed by atoms with E-state index in [-0.39, 0.29) is 0 Å². The van der Waals surface area contributed by atoms with Gasteiger partial charge >= 0.3 is 0 Å². The molecule has 0 unspecified atom stereocenters. The molecular weight excluding hydrogens is 655 g/mol. The first-order valence-corrected chi connectivity index (χ1v) is 19.8. The molecule has 0 N–H and O–H groups in total. The van der Waals surface area contributed by atoms with Gasteiger partial charge in [0.2, 0.25) is 0 Å². The predicted octanol–water partition coefficient (Wildman–Crippen LogP) is 15.0. The molecule has 0 atom stereocenters. The average molecular weight is 700 g/mol. The van der Waals surface area contributed by atoms with Crippen LogP contribution in [-0.4, -0.2) is 0 Å². The lowest BCUT2D eigenvalue weighted by atomic mass is 9.59. The van der Waals surface area contributed by atoms with E-state index in [2.05, 4.69) is 170 Å². The third-order valence-corrected chi connectivity index (χ3v) is 12.5. The summed E-state index contributed by atoms with van der Waals surface area (Å²) in [5.41, 5.74) is 15.6. The molecule has 1 aromatic heterocycles. The average Bonchev–Trinajstić information content (AvgIpc) is 3.60. The molecule has 0 spiro atoms. The van der Waals surface area contributed by atoms with Crippen LogP contribution in [0.2, 0.25) is 0 Å². The van der Waals surface area contributed by atoms with Crippen molar-refractivity contribution in [2.45, 2.75) is 57.3 Å². The third kappa shape index (κ3) is 5.82. The number of hydrogen-bond acceptors (Lipinski definition) is 2. The molecule has 8 aromatic rings. The monoisotopic (exact) mass is 699 g/mol. The molecule has 7 aromatic carbocycles. The molecule has 2 nitrogen and oxygen atoms in total. The van der Waals surface area contributed by atoms with E-state index in [1.165, 1.54) is 83.9 Å². The minimum atomic E-state index is 0.383. The van der Waals surface area contributed by atoms with Gasteiger partial charge in [-0.15, -0.1) is 0 Å². The van der Waals surface area contributed by atoms with Crippen molar-refractivity contribution in [2.75, 3.05) is 4.90 Å². The molecule has 10 rings (SSSR count). The summed E-state index contributed by atoms with van der Waals surface area (Å²) in [4.78, 5) is 2.42. The Balaban J connectivity index is 1.12. The van der Waals surface area contributed by atoms with Crippen LogP contribution in [-0.2, 0) is 5.41 Å². The van der Waals surface area contributed by atoms with Gasteiger partial charge in [-0.3, -0.25) is 0 Å². The molecule has 0 radical (unpaired) electrons. The predicted molar refractivity (Wildman–Crippen MR) is 227 cm³/mol. The molecule has 0 aliphatic heterocycles. The third-order valence-electron chi connectivity index (χ3n) is 12.5. The van der Waals surface area contributed by atoms with Crippen molar-refractivity contribution in [1.29, 1.82) is 0 Å². The highest BCUT2D eigenvalue weighted by Gasteiger charge is 2.40. The van der Waals surface area contributed by atoms with E-state index < -0.39 is 0 Å². The minimum absolute atomic E-state index is 0.383. The highest BCUT2D eigenvalue weighted by Crippen LogP contribution is 2.51. The van der Waals surface area contributed by atoms with Crippen molar-refractivity contribution in [1.82, 2.24) is 0 Å². The molecule has 2 aliphatic rings. The lowest BCUT2D eigenvalue weighted by Crippen LogP contribution is -2.36. The molecule has 54 heavy (non-hydrogen) atoms. The van der Waals surface area contributed by atoms with E-state index in [0.717, 1.165) is 44.9 Å². The van der Waals surface area contributed by atoms with Gasteiger partial charge in [0.05, 0.1) is 5.69 Å². The van der Waals surface area contributed by atoms with E-state index in [1.54, 1.807) is 5.56 Å². The van der Waals surface area contributed by atoms with Crippen LogP contribution in [0.5, 0.6) is 0 Å². The molecule has 2 saturated carbocycles. The van der Waals surface area contributed by atoms with E-state index in [0.29, 0.717) is 5.41 Å². The molecular formula is C52H45NO. The zero-order chi connectivity index (χ0) is 36.1. The second-order valence-electron chi connectivity index (χ2n) is 15.8. The summed E-state index contributed by atoms with van der Waals surface area (Å²) in [5, 5.41) is 2.27. The first kappa shape index (κ1) is 32.8. The minimum Gasteiger partial charge on any atom is -0.456 e. The number of hydrogen-bond donors (Lipinski definition) is 0. The van der Waals surface area contributed by atoms with Crippen molar-refractivity contribution < 1.29 is 4.42 Å². The normalized spacial score (nSPS) is 18.2. The van der Waals surface area contributed by atoms with Crippen molar-refractivity contribution >= 4 is 39.0 Å². The Kier molecular flexibility index (Phi) is 8.21. The fourth-order valence-corrected chi connectivity index (χ4v) is 9.85. The van der Waals surface area contributed by atoms with E-state index >= 15 is 0 Å². The quantitative estimate of drug-likeness (QED) is 0.165. The van der Waals surface area contributed by atoms with Gasteiger partial charge in [-0.05, 0) is 119 Å². The smallest absolute Gasteiger partial charge is 0.137 e. The lowest BCUT2D eigenvalue weighted by molar-refractivity contribution is 0.149. The number of nitrogens with zero attached hydrogens (tertiary/aromatic N) is 1. The van der Waals surface area contributed by atoms with Crippen LogP contribution in [0, 0.1) is 12.8 Å². The maximum absolute atomic E-state index is 6.47. The molecule has 2 heteroatoms. The summed E-state index contributed by atoms with van der Waals surface area (Å²) in [5.74, 6) is 0.918. The van der Waals surface area contributed by atoms with Gasteiger partial charge in [-0.2, -0.15) is 0 Å². The second kappa shape index (κ2) is 13.5. The van der Waals surface area contributed by atoms with Crippen LogP contribution >= 0.6 is 0 Å². The standard InChI is InChI=1S/C52H45NO/c1-36-32-41(38-14-4-2-5-15-38)22-28-48(36)53(44-26-27-46-45-18-8-9-19-50(45)54-51(46)34-44)49-29-23-42(33-47(49)40-16-6-3-7-17-40)39-20-24-43(25-21-39)52-30-10-12-37(35-52)13-11-31-52/h2-9,14-29,32-34,37H,10-13,30-31,35H2,1H3. The number of aryl methyl sites for hydroxylation is 1. The maximum atomic E-state index is 6.47. The SMILES string of the molecule is Cc1cc(-c2ccccc2)ccc1N(c1ccc2c(c1)oc1ccccc12)c1ccc(-c2ccc(C34CCCC(CCC3)C4)cc2)cc1-c1ccccc1. The van der Waals surface area contributed by atoms with Gasteiger partial charge in [0.15, 0.2) is 0 Å². The summed E-state index contributed by atoms with van der Waals surface area (Å²) >= 11 is 0. The number of fused-ring (bicyclic) bond motifs is 5. The number of anilines is 3. The topological polar surface area (TPSA) is 16.4 Å². The van der Waals surface area contributed by atoms with Crippen molar-refractivity contribution in [3.63, 3.8) is 0 Å². The lowest BCUT2D eigenvalue weighted by Gasteiger charge is -2.46. The number of rotatable bonds is 7. The Morgan fingerprint density at radius 2 is 1.13 bits per heavy atom. The van der Waals surface area contributed by atoms with Crippen molar-refractivity contribution in [2.24, 2.45) is 5.92 Å². The van der Waals surface area contributed by atoms with Gasteiger partial charge in [0.1, 0.15) is 11.2 Å². The fourth-order valence-electron chi connectivity index (χ4n) is 9.85. The zero-order valence-corrected chi connectivity index (χ0v) is 31.0. The summed E-state index contributed by atoms with van der Waals surface area (Å²) in [6, 6.07) is 60.1. The number of furan rings is 1. The summed E-state index contributed by atoms with van der Waals surface area (Å²) in [7, 11) is 0. The van der Waals surface area contributed by atoms with Gasteiger partial charge in [-0.1, -0.05) is 141 Å². The van der Waals surface area contributed by atoms with E-state index in [1.807, 2.05) is 6.07 Å². The Bertz CT molecular complexity index is 2590. The molecule has 264 valence electrons. The highest BCUT2D eigenvalue weighted by molar-refractivity contribution is 6.06. The first-order valence-electron chi connectivity index (χ1n) is 19.8. The largest absolute Gasteiger partial charge is 0.456 e. The van der Waals surface area contributed by atoms with Crippen LogP contribution in [0.1, 0.15) is 56.1 Å². The zero-order valence-electron chi connectivity index (χ0n) is 31.0. The van der Waals surface area contributed by atoms with Gasteiger partial charge in [0.25, 0.3) is 0 Å². The molecule has 2 aliphatic carbocycles. The maximum Gasteiger partial charge on any atom is 0.137 e. The first-order chi connectivity index (χ1) is 26.6. The highest BCUT2D eigenvalue weighted by atomic mass is 16.3. The van der Waals surface area contributed by atoms with Crippen LogP contribution in [0.15, 0.2) is 168 Å². The van der Waals surface area contributed by atoms with Crippen LogP contribution < -0.4 is 4.90 Å². The Hall–Kier alpha value is -5.86. The second-order valence-corrected chi connectivity index (χ2v) is 15.8. The Morgan fingerprint density at radius 3 is 1.87 bits per heavy atom. The molecule has 0 saturated heterocycles. The van der Waals surface area contributed by atoms with E-state index in [9.17, 15) is 0 Å². The van der Waals surface area contributed by atoms with Crippen LogP contribution in [0.4, 0.5) is 17.1 Å². The van der Waals surface area contributed by atoms with Crippen molar-refractivity contribution in [3.8, 4) is 33.4 Å². The van der Waals surface area contributed by atoms with Crippen molar-refractivity contribution in [3.05, 3.63) is 175 Å². The van der Waals surface area contributed by atoms with Crippen LogP contribution in [0.3, 0.4) is 0 Å². The van der Waals surface area contributed by atoms with Gasteiger partial charge in [0, 0.05) is 33.8 Å². The van der Waals surface area contributed by atoms with E-state index in [4.69, 9.17) is 4.42 Å². The molecule has 2 bridgehead atoms. The van der Waals surface area contributed by atoms with Crippen LogP contribution in [0.25, 0.3) is 55.3 Å². The Morgan fingerprint density at radius 1 is 0.519 bits per heavy atom. The van der Waals surface area contributed by atoms with Gasteiger partial charge < -0.3 is 9.32 Å². The van der Waals surface area contributed by atoms with Gasteiger partial charge in [-0.25, -0.2) is 0 Å². The molecule has 2 fully saturated rings. The number of benzene rings is 7. The summed E-state index contributed by atoms with van der Waals surface area (Å²) in [6.07, 6.45) is 9.67. The Labute approximate surface area is 318 Å². The molecule has 0 amide bonds. The number of para-hydroxylation sites is 1. The summed E-state index contributed by atoms with van der Waals surface area (Å²) < 4.78 is 6.47. The summed E-state index contributed by atoms with van der Waals surface area (Å²) in [6.45, 7) is 2.23. The molecule has 1 heterocycles. The fraction of sp³-hybridized carbons (Fsp3) is 0.192.